The number of pyridine rings is 1. The number of aliphatic imine (C=N–C) groups is 1. The normalized spacial score (nSPS) is 20.5. The van der Waals surface area contributed by atoms with Gasteiger partial charge in [0.05, 0.1) is 11.7 Å². The van der Waals surface area contributed by atoms with Gasteiger partial charge >= 0.3 is 0 Å². The highest BCUT2D eigenvalue weighted by molar-refractivity contribution is 6.03. The quantitative estimate of drug-likeness (QED) is 0.166. The van der Waals surface area contributed by atoms with E-state index in [0.29, 0.717) is 0 Å². The number of nitrogens with one attached hydrogen (secondary N) is 1. The van der Waals surface area contributed by atoms with Gasteiger partial charge in [0.1, 0.15) is 18.2 Å². The van der Waals surface area contributed by atoms with E-state index < -0.39 is 0 Å². The summed E-state index contributed by atoms with van der Waals surface area (Å²) in [5, 5.41) is 10.9. The first-order chi connectivity index (χ1) is 27.8. The predicted octanol–water partition coefficient (Wildman–Crippen LogP) is 11.7. The zero-order valence-corrected chi connectivity index (χ0v) is 30.8. The maximum atomic E-state index is 5.60. The first kappa shape index (κ1) is 32.6. The number of hydrazine groups is 1. The molecule has 0 saturated carbocycles. The van der Waals surface area contributed by atoms with E-state index in [4.69, 9.17) is 9.98 Å². The van der Waals surface area contributed by atoms with Crippen molar-refractivity contribution in [3.63, 3.8) is 0 Å². The molecule has 11 rings (SSSR count). The molecule has 1 aromatic heterocycles. The van der Waals surface area contributed by atoms with Crippen LogP contribution in [0.3, 0.4) is 0 Å². The summed E-state index contributed by atoms with van der Waals surface area (Å²) in [7, 11) is 0. The smallest absolute Gasteiger partial charge is 0.150 e. The van der Waals surface area contributed by atoms with Gasteiger partial charge in [-0.3, -0.25) is 9.99 Å². The van der Waals surface area contributed by atoms with Gasteiger partial charge in [-0.1, -0.05) is 133 Å². The first-order valence-corrected chi connectivity index (χ1v) is 19.6. The van der Waals surface area contributed by atoms with Crippen molar-refractivity contribution in [2.24, 2.45) is 4.99 Å². The van der Waals surface area contributed by atoms with E-state index in [9.17, 15) is 0 Å². The molecule has 4 atom stereocenters. The average molecular weight is 722 g/mol. The SMILES string of the molecule is C1=CC(c2cccc(C3N4C(c5cc(-c6nccc7ccccc67)cc(C6NC=Cc7ccccc76)c5)=NC(c5cccc(-c6ccccc6)c5)N34)c2)=CCC1. The Kier molecular flexibility index (Phi) is 7.85. The van der Waals surface area contributed by atoms with Crippen LogP contribution in [-0.4, -0.2) is 20.8 Å². The van der Waals surface area contributed by atoms with Crippen molar-refractivity contribution in [2.75, 3.05) is 0 Å². The summed E-state index contributed by atoms with van der Waals surface area (Å²) in [4.78, 5) is 10.6. The van der Waals surface area contributed by atoms with E-state index in [1.54, 1.807) is 0 Å². The van der Waals surface area contributed by atoms with Gasteiger partial charge in [-0.2, -0.15) is 5.01 Å². The number of nitrogens with zero attached hydrogens (tertiary/aromatic N) is 4. The van der Waals surface area contributed by atoms with Gasteiger partial charge in [-0.05, 0) is 117 Å². The summed E-state index contributed by atoms with van der Waals surface area (Å²) in [6.07, 6.45) is 15.1. The summed E-state index contributed by atoms with van der Waals surface area (Å²) in [5.74, 6) is 0.968. The van der Waals surface area contributed by atoms with Crippen LogP contribution in [0.4, 0.5) is 0 Å². The number of fused-ring (bicyclic) bond motifs is 3. The molecular weight excluding hydrogens is 683 g/mol. The number of hydrogen-bond acceptors (Lipinski definition) is 5. The Morgan fingerprint density at radius 1 is 0.589 bits per heavy atom. The molecule has 4 aliphatic rings. The van der Waals surface area contributed by atoms with E-state index in [0.717, 1.165) is 40.9 Å². The van der Waals surface area contributed by atoms with Crippen LogP contribution in [0.1, 0.15) is 70.2 Å². The molecule has 4 unspecified atom stereocenters. The predicted molar refractivity (Wildman–Crippen MR) is 228 cm³/mol. The van der Waals surface area contributed by atoms with Crippen molar-refractivity contribution in [2.45, 2.75) is 31.2 Å². The van der Waals surface area contributed by atoms with Crippen LogP contribution in [0.15, 0.2) is 187 Å². The minimum Gasteiger partial charge on any atom is -0.380 e. The molecule has 3 aliphatic heterocycles. The second-order valence-corrected chi connectivity index (χ2v) is 15.0. The van der Waals surface area contributed by atoms with Gasteiger partial charge in [-0.15, -0.1) is 0 Å². The van der Waals surface area contributed by atoms with E-state index in [-0.39, 0.29) is 18.4 Å². The van der Waals surface area contributed by atoms with Crippen LogP contribution in [0.2, 0.25) is 0 Å². The van der Waals surface area contributed by atoms with Gasteiger partial charge in [0.25, 0.3) is 0 Å². The fraction of sp³-hybridized carbons (Fsp3) is 0.0980. The Hall–Kier alpha value is -6.82. The largest absolute Gasteiger partial charge is 0.380 e. The van der Waals surface area contributed by atoms with Crippen LogP contribution in [0.5, 0.6) is 0 Å². The molecule has 6 aromatic carbocycles. The van der Waals surface area contributed by atoms with Crippen LogP contribution in [0, 0.1) is 0 Å². The number of benzene rings is 6. The van der Waals surface area contributed by atoms with E-state index in [1.807, 2.05) is 6.20 Å². The van der Waals surface area contributed by atoms with Crippen LogP contribution in [-0.2, 0) is 0 Å². The standard InChI is InChI=1S/C51H39N5/c1-3-13-34(14-4-1)38-19-11-21-40(29-38)49-54-50(56-51(55(49)56)41-22-12-20-39(30-41)35-15-5-2-6-16-35)44-32-42(47-45-23-9-7-17-36(45)25-27-52-47)31-43(33-44)48-46-24-10-8-18-37(46)26-28-53-48/h1,3-5,7-33,47,49,51-52H,2,6H2. The van der Waals surface area contributed by atoms with Crippen molar-refractivity contribution in [3.05, 3.63) is 221 Å². The lowest BCUT2D eigenvalue weighted by Gasteiger charge is -2.25. The second-order valence-electron chi connectivity index (χ2n) is 15.0. The van der Waals surface area contributed by atoms with E-state index in [1.165, 1.54) is 55.5 Å². The molecule has 4 heterocycles. The van der Waals surface area contributed by atoms with Crippen LogP contribution < -0.4 is 5.32 Å². The summed E-state index contributed by atoms with van der Waals surface area (Å²) < 4.78 is 0. The fourth-order valence-corrected chi connectivity index (χ4v) is 8.80. The number of amidine groups is 1. The highest BCUT2D eigenvalue weighted by Crippen LogP contribution is 2.55. The molecule has 1 saturated heterocycles. The van der Waals surface area contributed by atoms with Gasteiger partial charge < -0.3 is 5.32 Å². The first-order valence-electron chi connectivity index (χ1n) is 19.6. The molecule has 5 nitrogen and oxygen atoms in total. The molecule has 268 valence electrons. The third-order valence-electron chi connectivity index (χ3n) is 11.5. The molecule has 0 spiro atoms. The molecule has 1 fully saturated rings. The molecule has 56 heavy (non-hydrogen) atoms. The zero-order chi connectivity index (χ0) is 37.0. The van der Waals surface area contributed by atoms with Crippen molar-refractivity contribution in [1.82, 2.24) is 20.3 Å². The number of rotatable bonds is 7. The molecule has 7 aromatic rings. The second kappa shape index (κ2) is 13.5. The summed E-state index contributed by atoms with van der Waals surface area (Å²) in [6, 6.07) is 54.8. The van der Waals surface area contributed by atoms with Gasteiger partial charge in [0.2, 0.25) is 0 Å². The van der Waals surface area contributed by atoms with Crippen molar-refractivity contribution in [1.29, 1.82) is 0 Å². The summed E-state index contributed by atoms with van der Waals surface area (Å²) >= 11 is 0. The Labute approximate surface area is 327 Å². The molecule has 0 radical (unpaired) electrons. The summed E-state index contributed by atoms with van der Waals surface area (Å²) in [6.45, 7) is 0. The molecular formula is C51H39N5. The lowest BCUT2D eigenvalue weighted by molar-refractivity contribution is 0.341. The average Bonchev–Trinajstić information content (AvgIpc) is 3.89. The number of allylic oxidation sites excluding steroid dienone is 4. The van der Waals surface area contributed by atoms with Crippen LogP contribution in [0.25, 0.3) is 44.8 Å². The van der Waals surface area contributed by atoms with Crippen molar-refractivity contribution < 1.29 is 0 Å². The highest BCUT2D eigenvalue weighted by atomic mass is 15.9. The van der Waals surface area contributed by atoms with Crippen molar-refractivity contribution in [3.8, 4) is 22.4 Å². The van der Waals surface area contributed by atoms with Gasteiger partial charge in [0.15, 0.2) is 0 Å². The monoisotopic (exact) mass is 721 g/mol. The number of hydrogen-bond donors (Lipinski definition) is 1. The maximum absolute atomic E-state index is 5.60. The lowest BCUT2D eigenvalue weighted by Crippen LogP contribution is -2.21. The fourth-order valence-electron chi connectivity index (χ4n) is 8.80. The van der Waals surface area contributed by atoms with Crippen LogP contribution >= 0.6 is 0 Å². The zero-order valence-electron chi connectivity index (χ0n) is 30.8. The Morgan fingerprint density at radius 2 is 1.36 bits per heavy atom. The van der Waals surface area contributed by atoms with E-state index >= 15 is 0 Å². The Morgan fingerprint density at radius 3 is 2.27 bits per heavy atom. The van der Waals surface area contributed by atoms with Crippen molar-refractivity contribution >= 4 is 28.3 Å². The minimum atomic E-state index is -0.185. The highest BCUT2D eigenvalue weighted by Gasteiger charge is 2.57. The lowest BCUT2D eigenvalue weighted by atomic mass is 9.89. The molecule has 0 bridgehead atoms. The Bertz CT molecular complexity index is 2770. The van der Waals surface area contributed by atoms with Gasteiger partial charge in [0, 0.05) is 22.7 Å². The molecule has 1 N–H and O–H groups in total. The van der Waals surface area contributed by atoms with E-state index in [2.05, 4.69) is 197 Å². The third-order valence-corrected chi connectivity index (χ3v) is 11.5. The number of aromatic nitrogens is 1. The maximum Gasteiger partial charge on any atom is 0.150 e. The summed E-state index contributed by atoms with van der Waals surface area (Å²) in [5.41, 5.74) is 14.1. The van der Waals surface area contributed by atoms with Gasteiger partial charge in [-0.25, -0.2) is 4.99 Å². The molecule has 5 heteroatoms. The minimum absolute atomic E-state index is 0.0279. The molecule has 1 aliphatic carbocycles. The topological polar surface area (TPSA) is 43.3 Å². The Balaban J connectivity index is 1.08. The third kappa shape index (κ3) is 5.67. The molecule has 0 amide bonds.